The lowest BCUT2D eigenvalue weighted by Crippen LogP contribution is -2.29. The lowest BCUT2D eigenvalue weighted by Gasteiger charge is -2.19. The topological polar surface area (TPSA) is 71.7 Å². The fourth-order valence-corrected chi connectivity index (χ4v) is 6.71. The molecule has 8 heteroatoms. The van der Waals surface area contributed by atoms with Crippen molar-refractivity contribution in [3.8, 4) is 0 Å². The van der Waals surface area contributed by atoms with Crippen molar-refractivity contribution in [1.82, 2.24) is 4.57 Å². The van der Waals surface area contributed by atoms with Crippen LogP contribution in [0.4, 0.5) is 5.69 Å². The molecule has 0 N–H and O–H groups in total. The number of sulfonamides is 1. The quantitative estimate of drug-likeness (QED) is 0.422. The fourth-order valence-electron chi connectivity index (χ4n) is 4.15. The molecular formula is C25H23N3O3S2. The number of fused-ring (bicyclic) bond motifs is 2. The Morgan fingerprint density at radius 3 is 2.52 bits per heavy atom. The fraction of sp³-hybridized carbons (Fsp3) is 0.200. The molecular weight excluding hydrogens is 454 g/mol. The van der Waals surface area contributed by atoms with Crippen LogP contribution < -0.4 is 9.11 Å². The third kappa shape index (κ3) is 3.89. The van der Waals surface area contributed by atoms with Crippen molar-refractivity contribution >= 4 is 43.2 Å². The third-order valence-electron chi connectivity index (χ3n) is 5.77. The van der Waals surface area contributed by atoms with E-state index >= 15 is 0 Å². The molecule has 6 nitrogen and oxygen atoms in total. The summed E-state index contributed by atoms with van der Waals surface area (Å²) >= 11 is 1.48. The second-order valence-electron chi connectivity index (χ2n) is 7.90. The summed E-state index contributed by atoms with van der Waals surface area (Å²) in [4.78, 5) is 18.1. The van der Waals surface area contributed by atoms with E-state index in [0.29, 0.717) is 23.3 Å². The summed E-state index contributed by atoms with van der Waals surface area (Å²) in [6.45, 7) is 3.27. The number of amides is 1. The highest BCUT2D eigenvalue weighted by molar-refractivity contribution is 7.92. The van der Waals surface area contributed by atoms with Crippen molar-refractivity contribution in [1.29, 1.82) is 0 Å². The third-order valence-corrected chi connectivity index (χ3v) is 8.65. The number of benzene rings is 3. The molecule has 0 atom stereocenters. The maximum Gasteiger partial charge on any atom is 0.279 e. The van der Waals surface area contributed by atoms with Gasteiger partial charge in [0.1, 0.15) is 0 Å². The van der Waals surface area contributed by atoms with Gasteiger partial charge < -0.3 is 4.57 Å². The minimum Gasteiger partial charge on any atom is -0.316 e. The lowest BCUT2D eigenvalue weighted by atomic mass is 10.2. The Morgan fingerprint density at radius 1 is 1.00 bits per heavy atom. The van der Waals surface area contributed by atoms with Crippen LogP contribution in [0.2, 0.25) is 0 Å². The van der Waals surface area contributed by atoms with E-state index in [9.17, 15) is 13.2 Å². The number of anilines is 1. The second-order valence-corrected chi connectivity index (χ2v) is 10.8. The first kappa shape index (κ1) is 21.6. The summed E-state index contributed by atoms with van der Waals surface area (Å²) in [6, 6.07) is 21.6. The van der Waals surface area contributed by atoms with E-state index < -0.39 is 10.0 Å². The standard InChI is InChI=1S/C25H23N3O3S2/c1-2-16-27-22-9-5-6-10-23(22)32-25(27)26-24(29)19-11-13-20(14-12-19)33(30,31)28-17-15-18-7-3-4-8-21(18)28/h3-14H,2,15-17H2,1H3. The van der Waals surface area contributed by atoms with Gasteiger partial charge in [-0.1, -0.05) is 48.6 Å². The Kier molecular flexibility index (Phi) is 5.64. The Balaban J connectivity index is 1.45. The SMILES string of the molecule is CCCn1c(=NC(=O)c2ccc(S(=O)(=O)N3CCc4ccccc43)cc2)sc2ccccc21. The Bertz CT molecular complexity index is 1520. The molecule has 0 unspecified atom stereocenters. The average molecular weight is 478 g/mol. The van der Waals surface area contributed by atoms with Crippen LogP contribution >= 0.6 is 11.3 Å². The van der Waals surface area contributed by atoms with Gasteiger partial charge in [0.2, 0.25) is 0 Å². The van der Waals surface area contributed by atoms with Crippen molar-refractivity contribution in [2.24, 2.45) is 4.99 Å². The van der Waals surface area contributed by atoms with Crippen LogP contribution in [0.1, 0.15) is 29.3 Å². The maximum atomic E-state index is 13.2. The molecule has 2 heterocycles. The number of para-hydroxylation sites is 2. The monoisotopic (exact) mass is 477 g/mol. The van der Waals surface area contributed by atoms with Gasteiger partial charge in [0.15, 0.2) is 4.80 Å². The number of nitrogens with zero attached hydrogens (tertiary/aromatic N) is 3. The molecule has 0 aliphatic carbocycles. The maximum absolute atomic E-state index is 13.2. The van der Waals surface area contributed by atoms with Crippen LogP contribution in [0.15, 0.2) is 82.7 Å². The molecule has 0 saturated heterocycles. The van der Waals surface area contributed by atoms with Crippen LogP contribution in [0.25, 0.3) is 10.2 Å². The highest BCUT2D eigenvalue weighted by Crippen LogP contribution is 2.32. The van der Waals surface area contributed by atoms with Crippen molar-refractivity contribution in [2.75, 3.05) is 10.8 Å². The summed E-state index contributed by atoms with van der Waals surface area (Å²) in [5.41, 5.74) is 3.16. The smallest absolute Gasteiger partial charge is 0.279 e. The van der Waals surface area contributed by atoms with Gasteiger partial charge in [-0.05, 0) is 60.9 Å². The largest absolute Gasteiger partial charge is 0.316 e. The van der Waals surface area contributed by atoms with Gasteiger partial charge in [0.25, 0.3) is 15.9 Å². The van der Waals surface area contributed by atoms with E-state index in [2.05, 4.69) is 16.5 Å². The van der Waals surface area contributed by atoms with Crippen LogP contribution in [0.5, 0.6) is 0 Å². The number of hydrogen-bond donors (Lipinski definition) is 0. The summed E-state index contributed by atoms with van der Waals surface area (Å²) < 4.78 is 31.0. The molecule has 0 bridgehead atoms. The van der Waals surface area contributed by atoms with Crippen LogP contribution in [-0.2, 0) is 23.0 Å². The first-order valence-electron chi connectivity index (χ1n) is 10.9. The number of aromatic nitrogens is 1. The van der Waals surface area contributed by atoms with E-state index in [4.69, 9.17) is 0 Å². The van der Waals surface area contributed by atoms with Crippen molar-refractivity contribution in [2.45, 2.75) is 31.2 Å². The molecule has 1 amide bonds. The molecule has 5 rings (SSSR count). The molecule has 1 aliphatic rings. The van der Waals surface area contributed by atoms with Gasteiger partial charge in [0.05, 0.1) is 20.8 Å². The van der Waals surface area contributed by atoms with Crippen molar-refractivity contribution in [3.05, 3.63) is 88.7 Å². The van der Waals surface area contributed by atoms with Gasteiger partial charge in [-0.3, -0.25) is 9.10 Å². The first-order chi connectivity index (χ1) is 16.0. The van der Waals surface area contributed by atoms with Crippen LogP contribution in [0.3, 0.4) is 0 Å². The first-order valence-corrected chi connectivity index (χ1v) is 13.1. The van der Waals surface area contributed by atoms with E-state index in [-0.39, 0.29) is 10.8 Å². The van der Waals surface area contributed by atoms with Crippen LogP contribution in [0, 0.1) is 0 Å². The molecule has 0 spiro atoms. The number of thiazole rings is 1. The summed E-state index contributed by atoms with van der Waals surface area (Å²) in [6.07, 6.45) is 1.62. The van der Waals surface area contributed by atoms with E-state index in [1.807, 2.05) is 48.5 Å². The van der Waals surface area contributed by atoms with Gasteiger partial charge in [-0.15, -0.1) is 0 Å². The molecule has 0 fully saturated rings. The number of carbonyl (C=O) groups is 1. The zero-order chi connectivity index (χ0) is 23.0. The lowest BCUT2D eigenvalue weighted by molar-refractivity contribution is 0.0997. The minimum atomic E-state index is -3.70. The number of rotatable bonds is 5. The normalized spacial score (nSPS) is 14.1. The van der Waals surface area contributed by atoms with Crippen molar-refractivity contribution in [3.63, 3.8) is 0 Å². The Labute approximate surface area is 196 Å². The van der Waals surface area contributed by atoms with Crippen molar-refractivity contribution < 1.29 is 13.2 Å². The predicted molar refractivity (Wildman–Crippen MR) is 131 cm³/mol. The van der Waals surface area contributed by atoms with E-state index in [1.165, 1.54) is 39.9 Å². The van der Waals surface area contributed by atoms with E-state index in [1.54, 1.807) is 0 Å². The van der Waals surface area contributed by atoms with Gasteiger partial charge in [-0.25, -0.2) is 8.42 Å². The predicted octanol–water partition coefficient (Wildman–Crippen LogP) is 4.61. The number of aryl methyl sites for hydroxylation is 1. The molecule has 1 aliphatic heterocycles. The van der Waals surface area contributed by atoms with Gasteiger partial charge in [0, 0.05) is 18.7 Å². The molecule has 0 saturated carbocycles. The highest BCUT2D eigenvalue weighted by Gasteiger charge is 2.30. The zero-order valence-corrected chi connectivity index (χ0v) is 19.8. The number of carbonyl (C=O) groups excluding carboxylic acids is 1. The zero-order valence-electron chi connectivity index (χ0n) is 18.1. The molecule has 33 heavy (non-hydrogen) atoms. The molecule has 0 radical (unpaired) electrons. The second kappa shape index (κ2) is 8.61. The van der Waals surface area contributed by atoms with Gasteiger partial charge in [-0.2, -0.15) is 4.99 Å². The molecule has 1 aromatic heterocycles. The minimum absolute atomic E-state index is 0.165. The Hall–Kier alpha value is -3.23. The molecule has 168 valence electrons. The van der Waals surface area contributed by atoms with Crippen LogP contribution in [-0.4, -0.2) is 25.4 Å². The highest BCUT2D eigenvalue weighted by atomic mass is 32.2. The van der Waals surface area contributed by atoms with E-state index in [0.717, 1.165) is 34.4 Å². The summed E-state index contributed by atoms with van der Waals surface area (Å²) in [7, 11) is -3.70. The average Bonchev–Trinajstić information content (AvgIpc) is 3.42. The Morgan fingerprint density at radius 2 is 1.73 bits per heavy atom. The summed E-state index contributed by atoms with van der Waals surface area (Å²) in [5, 5.41) is 0. The molecule has 4 aromatic rings. The van der Waals surface area contributed by atoms with Gasteiger partial charge >= 0.3 is 0 Å². The molecule has 3 aromatic carbocycles. The summed E-state index contributed by atoms with van der Waals surface area (Å²) in [5.74, 6) is -0.387. The number of hydrogen-bond acceptors (Lipinski definition) is 4.